The van der Waals surface area contributed by atoms with Gasteiger partial charge in [0.1, 0.15) is 11.1 Å². The summed E-state index contributed by atoms with van der Waals surface area (Å²) in [6.45, 7) is 4.08. The number of nitriles is 1. The highest BCUT2D eigenvalue weighted by molar-refractivity contribution is 9.10. The van der Waals surface area contributed by atoms with Gasteiger partial charge in [-0.05, 0) is 109 Å². The summed E-state index contributed by atoms with van der Waals surface area (Å²) >= 11 is 12.6. The largest absolute Gasteiger partial charge is 0.308 e. The number of aromatic nitrogens is 1. The van der Waals surface area contributed by atoms with Crippen molar-refractivity contribution < 1.29 is 4.79 Å². The number of rotatable bonds is 3. The van der Waals surface area contributed by atoms with Crippen molar-refractivity contribution in [1.82, 2.24) is 9.88 Å². The van der Waals surface area contributed by atoms with Crippen LogP contribution >= 0.6 is 50.6 Å². The average Bonchev–Trinajstić information content (AvgIpc) is 3.43. The van der Waals surface area contributed by atoms with Crippen molar-refractivity contribution in [2.24, 2.45) is 4.99 Å². The number of amidine groups is 1. The van der Waals surface area contributed by atoms with Crippen LogP contribution in [0.4, 0.5) is 5.69 Å². The maximum Gasteiger partial charge on any atom is 0.264 e. The minimum atomic E-state index is -0.180. The van der Waals surface area contributed by atoms with Gasteiger partial charge < -0.3 is 9.88 Å². The number of aliphatic imine (C=N–C) groups is 1. The molecule has 2 aliphatic rings. The van der Waals surface area contributed by atoms with Crippen LogP contribution in [-0.4, -0.2) is 15.6 Å². The second kappa shape index (κ2) is 9.38. The van der Waals surface area contributed by atoms with Crippen molar-refractivity contribution >= 4 is 73.5 Å². The molecular formula is C25H20BrClN4OS2. The third-order valence-corrected chi connectivity index (χ3v) is 9.43. The molecule has 0 radical (unpaired) electrons. The number of amides is 1. The fourth-order valence-corrected chi connectivity index (χ4v) is 7.07. The number of halogens is 2. The lowest BCUT2D eigenvalue weighted by atomic mass is 9.96. The van der Waals surface area contributed by atoms with E-state index < -0.39 is 0 Å². The van der Waals surface area contributed by atoms with Crippen LogP contribution in [0.25, 0.3) is 11.1 Å². The van der Waals surface area contributed by atoms with Gasteiger partial charge in [-0.2, -0.15) is 5.26 Å². The normalized spacial score (nSPS) is 17.8. The molecule has 172 valence electrons. The molecule has 1 N–H and O–H groups in total. The number of benzene rings is 1. The van der Waals surface area contributed by atoms with Crippen molar-refractivity contribution in [2.45, 2.75) is 39.5 Å². The lowest BCUT2D eigenvalue weighted by Crippen LogP contribution is -2.19. The average molecular weight is 572 g/mol. The fraction of sp³-hybridized carbons (Fsp3) is 0.240. The second-order valence-electron chi connectivity index (χ2n) is 8.24. The highest BCUT2D eigenvalue weighted by atomic mass is 79.9. The van der Waals surface area contributed by atoms with Crippen LogP contribution in [0.15, 0.2) is 38.6 Å². The number of fused-ring (bicyclic) bond motifs is 1. The zero-order valence-electron chi connectivity index (χ0n) is 18.5. The Morgan fingerprint density at radius 2 is 2.06 bits per heavy atom. The minimum Gasteiger partial charge on any atom is -0.308 e. The van der Waals surface area contributed by atoms with Crippen LogP contribution in [0.2, 0.25) is 5.02 Å². The van der Waals surface area contributed by atoms with E-state index in [0.717, 1.165) is 51.3 Å². The van der Waals surface area contributed by atoms with E-state index in [0.29, 0.717) is 20.8 Å². The van der Waals surface area contributed by atoms with Gasteiger partial charge in [0.15, 0.2) is 5.17 Å². The van der Waals surface area contributed by atoms with Gasteiger partial charge in [-0.1, -0.05) is 11.6 Å². The number of hydrogen-bond acceptors (Lipinski definition) is 5. The molecule has 1 aliphatic heterocycles. The molecule has 0 spiro atoms. The predicted molar refractivity (Wildman–Crippen MR) is 144 cm³/mol. The predicted octanol–water partition coefficient (Wildman–Crippen LogP) is 7.21. The Morgan fingerprint density at radius 1 is 1.26 bits per heavy atom. The molecule has 0 atom stereocenters. The van der Waals surface area contributed by atoms with E-state index in [1.165, 1.54) is 28.6 Å². The lowest BCUT2D eigenvalue weighted by Gasteiger charge is -2.10. The molecule has 5 nitrogen and oxygen atoms in total. The summed E-state index contributed by atoms with van der Waals surface area (Å²) in [6, 6.07) is 9.93. The van der Waals surface area contributed by atoms with Crippen molar-refractivity contribution in [2.75, 3.05) is 0 Å². The van der Waals surface area contributed by atoms with E-state index >= 15 is 0 Å². The van der Waals surface area contributed by atoms with Crippen LogP contribution in [0, 0.1) is 25.2 Å². The van der Waals surface area contributed by atoms with E-state index in [4.69, 9.17) is 11.6 Å². The van der Waals surface area contributed by atoms with Crippen molar-refractivity contribution in [3.8, 4) is 11.1 Å². The number of thiophene rings is 1. The maximum atomic E-state index is 12.6. The first-order valence-corrected chi connectivity index (χ1v) is 13.6. The topological polar surface area (TPSA) is 70.2 Å². The smallest absolute Gasteiger partial charge is 0.264 e. The van der Waals surface area contributed by atoms with Gasteiger partial charge in [0.05, 0.1) is 21.2 Å². The highest BCUT2D eigenvalue weighted by Crippen LogP contribution is 2.39. The maximum absolute atomic E-state index is 12.6. The van der Waals surface area contributed by atoms with Gasteiger partial charge in [0, 0.05) is 20.7 Å². The lowest BCUT2D eigenvalue weighted by molar-refractivity contribution is -0.115. The molecular weight excluding hydrogens is 552 g/mol. The molecule has 3 aromatic rings. The third kappa shape index (κ3) is 4.27. The molecule has 1 aromatic carbocycles. The van der Waals surface area contributed by atoms with Gasteiger partial charge in [-0.25, -0.2) is 4.99 Å². The Kier molecular flexibility index (Phi) is 6.47. The Hall–Kier alpha value is -2.31. The fourth-order valence-electron chi connectivity index (χ4n) is 4.36. The molecule has 34 heavy (non-hydrogen) atoms. The first kappa shape index (κ1) is 23.4. The Balaban J connectivity index is 1.48. The standard InChI is InChI=1S/C25H20BrClN4OS2/c1-13-9-15(14(2)31(13)24-18(12-28)17-5-3-4-6-21(17)33-24)10-22-23(32)30-25(34-22)29-16-7-8-19(26)20(27)11-16/h7-11H,3-6H2,1-2H3,(H,29,30,32)/b22-10-. The van der Waals surface area contributed by atoms with Crippen LogP contribution in [0.5, 0.6) is 0 Å². The monoisotopic (exact) mass is 570 g/mol. The van der Waals surface area contributed by atoms with E-state index in [-0.39, 0.29) is 5.91 Å². The number of nitrogens with one attached hydrogen (secondary N) is 1. The number of hydrogen-bond donors (Lipinski definition) is 1. The van der Waals surface area contributed by atoms with Crippen LogP contribution in [-0.2, 0) is 17.6 Å². The molecule has 1 fully saturated rings. The van der Waals surface area contributed by atoms with Crippen molar-refractivity contribution in [3.05, 3.63) is 71.6 Å². The summed E-state index contributed by atoms with van der Waals surface area (Å²) in [6.07, 6.45) is 6.25. The molecule has 1 aliphatic carbocycles. The zero-order valence-corrected chi connectivity index (χ0v) is 22.5. The van der Waals surface area contributed by atoms with Crippen LogP contribution in [0.3, 0.4) is 0 Å². The molecule has 0 unspecified atom stereocenters. The summed E-state index contributed by atoms with van der Waals surface area (Å²) in [4.78, 5) is 19.1. The highest BCUT2D eigenvalue weighted by Gasteiger charge is 2.26. The molecule has 0 bridgehead atoms. The summed E-state index contributed by atoms with van der Waals surface area (Å²) in [5.41, 5.74) is 5.70. The molecule has 2 aromatic heterocycles. The first-order chi connectivity index (χ1) is 16.4. The summed E-state index contributed by atoms with van der Waals surface area (Å²) in [5.74, 6) is -0.180. The number of carbonyl (C=O) groups is 1. The quantitative estimate of drug-likeness (QED) is 0.338. The SMILES string of the molecule is Cc1cc(/C=C2\SC(=Nc3ccc(Br)c(Cl)c3)NC2=O)c(C)n1-c1sc2c(c1C#N)CCCC2. The minimum absolute atomic E-state index is 0.180. The third-order valence-electron chi connectivity index (χ3n) is 6.01. The van der Waals surface area contributed by atoms with E-state index in [1.54, 1.807) is 17.4 Å². The number of carbonyl (C=O) groups excluding carboxylic acids is 1. The summed E-state index contributed by atoms with van der Waals surface area (Å²) < 4.78 is 2.95. The Morgan fingerprint density at radius 3 is 2.82 bits per heavy atom. The van der Waals surface area contributed by atoms with Crippen LogP contribution < -0.4 is 5.32 Å². The number of thioether (sulfide) groups is 1. The molecule has 1 amide bonds. The Bertz CT molecular complexity index is 1440. The van der Waals surface area contributed by atoms with Crippen LogP contribution in [0.1, 0.15) is 45.8 Å². The molecule has 1 saturated heterocycles. The van der Waals surface area contributed by atoms with Gasteiger partial charge in [-0.3, -0.25) is 4.79 Å². The van der Waals surface area contributed by atoms with E-state index in [9.17, 15) is 10.1 Å². The van der Waals surface area contributed by atoms with Crippen molar-refractivity contribution in [3.63, 3.8) is 0 Å². The van der Waals surface area contributed by atoms with E-state index in [1.807, 2.05) is 32.1 Å². The van der Waals surface area contributed by atoms with Gasteiger partial charge in [0.25, 0.3) is 5.91 Å². The zero-order chi connectivity index (χ0) is 24.0. The van der Waals surface area contributed by atoms with E-state index in [2.05, 4.69) is 42.9 Å². The Labute approximate surface area is 219 Å². The molecule has 9 heteroatoms. The number of nitrogens with zero attached hydrogens (tertiary/aromatic N) is 3. The molecule has 0 saturated carbocycles. The van der Waals surface area contributed by atoms with Gasteiger partial charge in [0.2, 0.25) is 0 Å². The van der Waals surface area contributed by atoms with Gasteiger partial charge in [-0.15, -0.1) is 11.3 Å². The summed E-state index contributed by atoms with van der Waals surface area (Å²) in [5, 5.41) is 14.8. The van der Waals surface area contributed by atoms with Crippen molar-refractivity contribution in [1.29, 1.82) is 5.26 Å². The van der Waals surface area contributed by atoms with Gasteiger partial charge >= 0.3 is 0 Å². The summed E-state index contributed by atoms with van der Waals surface area (Å²) in [7, 11) is 0. The number of aryl methyl sites for hydroxylation is 2. The molecule has 5 rings (SSSR count). The molecule has 3 heterocycles. The first-order valence-electron chi connectivity index (χ1n) is 10.8. The second-order valence-corrected chi connectivity index (χ2v) is 11.6.